The van der Waals surface area contributed by atoms with Crippen molar-refractivity contribution in [2.75, 3.05) is 24.7 Å². The topological polar surface area (TPSA) is 244 Å². The van der Waals surface area contributed by atoms with E-state index in [2.05, 4.69) is 22.1 Å². The van der Waals surface area contributed by atoms with Gasteiger partial charge in [-0.3, -0.25) is 14.6 Å². The first-order valence-corrected chi connectivity index (χ1v) is 23.6. The molecule has 4 aromatic rings. The molecule has 6 aliphatic rings. The highest BCUT2D eigenvalue weighted by molar-refractivity contribution is 5.97. The van der Waals surface area contributed by atoms with Crippen molar-refractivity contribution in [2.24, 2.45) is 22.2 Å². The molecule has 1 saturated heterocycles. The number of aliphatic imine (C=N–C) groups is 1. The molecule has 9 atom stereocenters. The Labute approximate surface area is 386 Å². The van der Waals surface area contributed by atoms with E-state index in [0.717, 1.165) is 49.8 Å². The van der Waals surface area contributed by atoms with Crippen molar-refractivity contribution in [1.82, 2.24) is 5.32 Å². The van der Waals surface area contributed by atoms with Crippen LogP contribution in [0.2, 0.25) is 0 Å². The predicted molar refractivity (Wildman–Crippen MR) is 247 cm³/mol. The minimum Gasteiger partial charge on any atom is -0.508 e. The van der Waals surface area contributed by atoms with E-state index < -0.39 is 60.7 Å². The zero-order chi connectivity index (χ0) is 47.0. The molecule has 1 amide bonds. The van der Waals surface area contributed by atoms with E-state index in [9.17, 15) is 45.3 Å². The maximum atomic E-state index is 13.9. The van der Waals surface area contributed by atoms with E-state index in [0.29, 0.717) is 75.9 Å². The number of benzene rings is 3. The average molecular weight is 922 g/mol. The Hall–Kier alpha value is -5.33. The van der Waals surface area contributed by atoms with Gasteiger partial charge in [0.15, 0.2) is 16.8 Å². The maximum Gasteiger partial charge on any atom is 0.226 e. The molecule has 2 saturated carbocycles. The van der Waals surface area contributed by atoms with Crippen LogP contribution in [0.5, 0.6) is 17.2 Å². The van der Waals surface area contributed by atoms with Crippen molar-refractivity contribution >= 4 is 39.6 Å². The van der Waals surface area contributed by atoms with Gasteiger partial charge in [-0.15, -0.1) is 0 Å². The van der Waals surface area contributed by atoms with Crippen LogP contribution in [0.3, 0.4) is 0 Å². The number of nitrogens with zero attached hydrogens (tertiary/aromatic N) is 2. The van der Waals surface area contributed by atoms with Gasteiger partial charge < -0.3 is 55.1 Å². The van der Waals surface area contributed by atoms with Crippen LogP contribution in [0.1, 0.15) is 81.6 Å². The third-order valence-electron chi connectivity index (χ3n) is 15.8. The first-order valence-electron chi connectivity index (χ1n) is 23.6. The lowest BCUT2D eigenvalue weighted by Gasteiger charge is -2.50. The van der Waals surface area contributed by atoms with E-state index in [1.807, 2.05) is 12.3 Å². The summed E-state index contributed by atoms with van der Waals surface area (Å²) in [5.41, 5.74) is -0.329. The fourth-order valence-electron chi connectivity index (χ4n) is 12.4. The molecular weight excluding hydrogens is 863 g/mol. The zero-order valence-corrected chi connectivity index (χ0v) is 37.7. The molecule has 356 valence electrons. The lowest BCUT2D eigenvalue weighted by molar-refractivity contribution is -0.374. The van der Waals surface area contributed by atoms with Crippen LogP contribution in [0, 0.1) is 24.2 Å². The standard InChI is InChI=1S/C51H59N3O13/c1-3-38-33-12-16-52-37(33)24-54(38)43-45-30(18-35-40(58)17-27(2)65-46(35)43)19-42(51(66-45)15-6-7-29(22-51)36-23-53-48(62)49(36)13-4-5-14-49)67-64-26-50(63,47(61)44(60)41(59)25-55)21-28-8-11-39(57)32-10-9-31(56)20-34(28)32/h8-12,16-18,20,24,29,36,38,41-42,44,47,55-57,59-61,63H,3-7,13-15,19,21-23,25-26H2,1-2H3,(H,53,62)/t29-,36+,38?,41+,42+,44+,47-,50-,51+/m0/s1. The van der Waals surface area contributed by atoms with Crippen LogP contribution in [0.25, 0.3) is 21.7 Å². The number of hydrogen-bond donors (Lipinski definition) is 8. The smallest absolute Gasteiger partial charge is 0.226 e. The molecule has 16 heteroatoms. The lowest BCUT2D eigenvalue weighted by Crippen LogP contribution is -2.59. The fraction of sp³-hybridized carbons (Fsp3) is 0.510. The normalized spacial score (nSPS) is 27.4. The van der Waals surface area contributed by atoms with Gasteiger partial charge in [-0.2, -0.15) is 0 Å². The summed E-state index contributed by atoms with van der Waals surface area (Å²) in [6.45, 7) is 2.71. The number of aliphatic hydroxyl groups excluding tert-OH is 4. The minimum absolute atomic E-state index is 0.0479. The van der Waals surface area contributed by atoms with Crippen LogP contribution in [0.4, 0.5) is 5.69 Å². The van der Waals surface area contributed by atoms with Crippen LogP contribution >= 0.6 is 0 Å². The Morgan fingerprint density at radius 2 is 1.82 bits per heavy atom. The molecule has 2 spiro atoms. The van der Waals surface area contributed by atoms with E-state index >= 15 is 0 Å². The summed E-state index contributed by atoms with van der Waals surface area (Å²) in [5, 5.41) is 80.6. The maximum absolute atomic E-state index is 13.9. The molecule has 4 aliphatic heterocycles. The molecule has 5 heterocycles. The molecule has 3 aromatic carbocycles. The highest BCUT2D eigenvalue weighted by Crippen LogP contribution is 2.57. The summed E-state index contributed by atoms with van der Waals surface area (Å²) in [6.07, 6.45) is 5.60. The van der Waals surface area contributed by atoms with Crippen molar-refractivity contribution in [3.05, 3.63) is 93.1 Å². The molecular formula is C51H59N3O13. The van der Waals surface area contributed by atoms with E-state index in [4.69, 9.17) is 18.9 Å². The van der Waals surface area contributed by atoms with Gasteiger partial charge >= 0.3 is 0 Å². The van der Waals surface area contributed by atoms with Crippen LogP contribution < -0.4 is 20.4 Å². The summed E-state index contributed by atoms with van der Waals surface area (Å²) in [4.78, 5) is 46.8. The van der Waals surface area contributed by atoms with E-state index in [-0.39, 0.29) is 47.1 Å². The molecule has 1 unspecified atom stereocenters. The molecule has 67 heavy (non-hydrogen) atoms. The number of rotatable bonds is 13. The number of aliphatic hydroxyl groups is 5. The Morgan fingerprint density at radius 3 is 2.60 bits per heavy atom. The largest absolute Gasteiger partial charge is 0.508 e. The second-order valence-electron chi connectivity index (χ2n) is 19.8. The van der Waals surface area contributed by atoms with Crippen molar-refractivity contribution in [3.8, 4) is 17.2 Å². The first kappa shape index (κ1) is 45.5. The Morgan fingerprint density at radius 1 is 1.01 bits per heavy atom. The predicted octanol–water partition coefficient (Wildman–Crippen LogP) is 4.65. The third-order valence-corrected chi connectivity index (χ3v) is 15.8. The van der Waals surface area contributed by atoms with Crippen molar-refractivity contribution in [3.63, 3.8) is 0 Å². The molecule has 16 nitrogen and oxygen atoms in total. The average Bonchev–Trinajstić information content (AvgIpc) is 4.12. The number of phenolic OH excluding ortho intramolecular Hbond substituents is 2. The number of anilines is 1. The van der Waals surface area contributed by atoms with Gasteiger partial charge in [0.1, 0.15) is 65.2 Å². The second kappa shape index (κ2) is 17.3. The number of ether oxygens (including phenoxy) is 1. The Balaban J connectivity index is 1.05. The molecule has 10 rings (SSSR count). The van der Waals surface area contributed by atoms with Crippen molar-refractivity contribution in [1.29, 1.82) is 0 Å². The van der Waals surface area contributed by atoms with Gasteiger partial charge in [-0.05, 0) is 111 Å². The van der Waals surface area contributed by atoms with Crippen LogP contribution in [0.15, 0.2) is 80.2 Å². The molecule has 2 aliphatic carbocycles. The number of hydrogen-bond acceptors (Lipinski definition) is 15. The summed E-state index contributed by atoms with van der Waals surface area (Å²) in [5.74, 6) is 0.981. The highest BCUT2D eigenvalue weighted by atomic mass is 17.2. The number of nitrogens with one attached hydrogen (secondary N) is 1. The zero-order valence-electron chi connectivity index (χ0n) is 37.7. The Kier molecular flexibility index (Phi) is 11.8. The first-order chi connectivity index (χ1) is 32.2. The summed E-state index contributed by atoms with van der Waals surface area (Å²) in [7, 11) is 0. The number of aryl methyl sites for hydroxylation is 1. The summed E-state index contributed by atoms with van der Waals surface area (Å²) < 4.78 is 14.0. The SMILES string of the molecule is CCC1C2=CC=NC2=CN1c1c2c(cc3c(=O)cc(C)oc13)C[C@@H](OOC[C@@](O)(Cc1ccc(O)c3ccc(O)cc13)[C@@H](O)[C@H](O)[C@H](O)CO)[C@]1(CCC[C@H]([C@H]3CNC(=O)C34CCCC4)C1)O2. The minimum atomic E-state index is -2.40. The number of aromatic hydroxyl groups is 2. The number of phenols is 2. The molecule has 8 N–H and O–H groups in total. The van der Waals surface area contributed by atoms with Gasteiger partial charge in [0.25, 0.3) is 0 Å². The quantitative estimate of drug-likeness (QED) is 0.0673. The molecule has 1 aromatic heterocycles. The molecule has 0 bridgehead atoms. The van der Waals surface area contributed by atoms with E-state index in [1.165, 1.54) is 36.4 Å². The summed E-state index contributed by atoms with van der Waals surface area (Å²) in [6, 6.07) is 10.3. The monoisotopic (exact) mass is 921 g/mol. The van der Waals surface area contributed by atoms with Gasteiger partial charge in [0.2, 0.25) is 5.91 Å². The number of amides is 1. The van der Waals surface area contributed by atoms with Gasteiger partial charge in [-0.25, -0.2) is 9.78 Å². The van der Waals surface area contributed by atoms with Crippen LogP contribution in [-0.2, 0) is 27.4 Å². The van der Waals surface area contributed by atoms with Gasteiger partial charge in [0.05, 0.1) is 29.1 Å². The van der Waals surface area contributed by atoms with E-state index in [1.54, 1.807) is 19.2 Å². The second-order valence-corrected chi connectivity index (χ2v) is 19.8. The molecule has 3 fully saturated rings. The lowest BCUT2D eigenvalue weighted by atomic mass is 9.62. The number of carbonyl (C=O) groups excluding carboxylic acids is 1. The van der Waals surface area contributed by atoms with Gasteiger partial charge in [-0.1, -0.05) is 25.8 Å². The number of carbonyl (C=O) groups is 1. The third kappa shape index (κ3) is 7.61. The fourth-order valence-corrected chi connectivity index (χ4v) is 12.4. The van der Waals surface area contributed by atoms with Crippen molar-refractivity contribution in [2.45, 2.75) is 126 Å². The highest BCUT2D eigenvalue weighted by Gasteiger charge is 2.59. The Bertz CT molecular complexity index is 2760. The van der Waals surface area contributed by atoms with Gasteiger partial charge in [0, 0.05) is 54.4 Å². The molecule has 0 radical (unpaired) electrons. The van der Waals surface area contributed by atoms with Crippen molar-refractivity contribution < 1.29 is 59.5 Å². The summed E-state index contributed by atoms with van der Waals surface area (Å²) >= 11 is 0. The van der Waals surface area contributed by atoms with Crippen LogP contribution in [-0.4, -0.2) is 109 Å². The number of allylic oxidation sites excluding steroid dienone is 1. The number of fused-ring (bicyclic) bond motifs is 4.